The number of carbonyl (C=O) groups excluding carboxylic acids is 1. The average Bonchev–Trinajstić information content (AvgIpc) is 2.94. The van der Waals surface area contributed by atoms with Crippen LogP contribution in [0.15, 0.2) is 121 Å². The van der Waals surface area contributed by atoms with Crippen LogP contribution in [0, 0.1) is 0 Å². The van der Waals surface area contributed by atoms with Crippen molar-refractivity contribution in [2.75, 3.05) is 4.90 Å². The third-order valence-electron chi connectivity index (χ3n) is 9.99. The molecule has 0 N–H and O–H groups in total. The molecule has 4 fully saturated rings. The molecule has 8 rings (SSSR count). The van der Waals surface area contributed by atoms with Gasteiger partial charge in [-0.3, -0.25) is 4.79 Å². The summed E-state index contributed by atoms with van der Waals surface area (Å²) in [5.41, 5.74) is 5.01. The van der Waals surface area contributed by atoms with Crippen molar-refractivity contribution in [3.63, 3.8) is 0 Å². The summed E-state index contributed by atoms with van der Waals surface area (Å²) < 4.78 is 0. The fourth-order valence-electron chi connectivity index (χ4n) is 9.48. The van der Waals surface area contributed by atoms with E-state index in [0.29, 0.717) is 0 Å². The highest BCUT2D eigenvalue weighted by Crippen LogP contribution is 2.73. The zero-order valence-electron chi connectivity index (χ0n) is 22.1. The monoisotopic (exact) mass is 497 g/mol. The number of amides is 1. The van der Waals surface area contributed by atoms with Crippen LogP contribution in [0.2, 0.25) is 0 Å². The quantitative estimate of drug-likeness (QED) is 0.274. The molecule has 190 valence electrons. The number of nitrogens with zero attached hydrogens (tertiary/aromatic N) is 1. The highest BCUT2D eigenvalue weighted by Gasteiger charge is 2.71. The summed E-state index contributed by atoms with van der Waals surface area (Å²) in [5, 5.41) is 0. The molecule has 1 amide bonds. The van der Waals surface area contributed by atoms with Crippen molar-refractivity contribution in [3.05, 3.63) is 138 Å². The first kappa shape index (κ1) is 23.5. The Bertz CT molecular complexity index is 1300. The molecule has 38 heavy (non-hydrogen) atoms. The summed E-state index contributed by atoms with van der Waals surface area (Å²) in [4.78, 5) is 15.9. The molecule has 0 radical (unpaired) electrons. The van der Waals surface area contributed by atoms with Crippen LogP contribution in [0.3, 0.4) is 0 Å². The maximum absolute atomic E-state index is 13.7. The molecule has 0 heterocycles. The third kappa shape index (κ3) is 3.42. The van der Waals surface area contributed by atoms with Crippen LogP contribution in [0.1, 0.15) is 62.1 Å². The van der Waals surface area contributed by atoms with E-state index in [1.165, 1.54) is 16.7 Å². The lowest BCUT2D eigenvalue weighted by Gasteiger charge is -2.72. The predicted octanol–water partition coefficient (Wildman–Crippen LogP) is 7.97. The van der Waals surface area contributed by atoms with E-state index >= 15 is 0 Å². The van der Waals surface area contributed by atoms with Gasteiger partial charge in [0.1, 0.15) is 0 Å². The average molecular weight is 498 g/mol. The molecule has 0 aliphatic heterocycles. The zero-order chi connectivity index (χ0) is 25.8. The van der Waals surface area contributed by atoms with Gasteiger partial charge in [-0.05, 0) is 83.6 Å². The summed E-state index contributed by atoms with van der Waals surface area (Å²) in [5.74, 6) is 0.146. The molecule has 4 aliphatic carbocycles. The number of benzene rings is 4. The molecule has 0 saturated heterocycles. The maximum atomic E-state index is 13.7. The van der Waals surface area contributed by atoms with Crippen LogP contribution in [0.25, 0.3) is 0 Å². The molecule has 4 aliphatic rings. The first-order valence-corrected chi connectivity index (χ1v) is 14.0. The normalized spacial score (nSPS) is 31.2. The van der Waals surface area contributed by atoms with Crippen LogP contribution in [0.5, 0.6) is 0 Å². The molecule has 4 saturated carbocycles. The highest BCUT2D eigenvalue weighted by molar-refractivity contribution is 5.93. The minimum Gasteiger partial charge on any atom is -0.306 e. The molecule has 0 aromatic heterocycles. The first-order chi connectivity index (χ1) is 18.5. The van der Waals surface area contributed by atoms with E-state index in [1.54, 1.807) is 6.92 Å². The fourth-order valence-corrected chi connectivity index (χ4v) is 9.48. The molecule has 2 nitrogen and oxygen atoms in total. The Morgan fingerprint density at radius 2 is 0.816 bits per heavy atom. The van der Waals surface area contributed by atoms with Gasteiger partial charge in [-0.25, -0.2) is 0 Å². The van der Waals surface area contributed by atoms with Crippen LogP contribution in [0.4, 0.5) is 5.69 Å². The number of hydrogen-bond donors (Lipinski definition) is 0. The van der Waals surface area contributed by atoms with Gasteiger partial charge in [-0.1, -0.05) is 109 Å². The summed E-state index contributed by atoms with van der Waals surface area (Å²) >= 11 is 0. The lowest BCUT2D eigenvalue weighted by molar-refractivity contribution is -0.122. The van der Waals surface area contributed by atoms with Gasteiger partial charge >= 0.3 is 0 Å². The molecule has 4 aromatic carbocycles. The van der Waals surface area contributed by atoms with Crippen LogP contribution in [-0.2, 0) is 21.0 Å². The van der Waals surface area contributed by atoms with E-state index in [2.05, 4.69) is 120 Å². The Balaban J connectivity index is 1.53. The zero-order valence-corrected chi connectivity index (χ0v) is 22.1. The Morgan fingerprint density at radius 3 is 1.13 bits per heavy atom. The first-order valence-electron chi connectivity index (χ1n) is 14.0. The number of hydrogen-bond acceptors (Lipinski definition) is 1. The van der Waals surface area contributed by atoms with Crippen LogP contribution in [-0.4, -0.2) is 11.4 Å². The summed E-state index contributed by atoms with van der Waals surface area (Å²) in [6, 6.07) is 44.1. The number of carbonyl (C=O) groups is 1. The minimum atomic E-state index is -0.274. The van der Waals surface area contributed by atoms with Gasteiger partial charge in [0.25, 0.3) is 0 Å². The maximum Gasteiger partial charge on any atom is 0.224 e. The van der Waals surface area contributed by atoms with Crippen molar-refractivity contribution in [1.29, 1.82) is 0 Å². The SMILES string of the molecule is CC(=O)N(c1ccccc1)C12CC3(c4ccccc4)CC(c4ccccc4)(CC(c4ccccc4)(C3)C1)C2. The lowest BCUT2D eigenvalue weighted by Crippen LogP contribution is -2.73. The topological polar surface area (TPSA) is 20.3 Å². The van der Waals surface area contributed by atoms with Gasteiger partial charge in [0, 0.05) is 12.6 Å². The largest absolute Gasteiger partial charge is 0.306 e. The Kier molecular flexibility index (Phi) is 5.20. The predicted molar refractivity (Wildman–Crippen MR) is 154 cm³/mol. The standard InChI is InChI=1S/C36H35NO/c1-28(38)37(32-20-12-5-13-21-32)36-25-33(29-14-6-2-7-15-29)22-34(26-36,30-16-8-3-9-17-30)24-35(23-33,27-36)31-18-10-4-11-19-31/h2-21H,22-27H2,1H3. The third-order valence-corrected chi connectivity index (χ3v) is 9.99. The second kappa shape index (κ2) is 8.43. The van der Waals surface area contributed by atoms with Crippen molar-refractivity contribution in [2.24, 2.45) is 0 Å². The van der Waals surface area contributed by atoms with Gasteiger partial charge in [0.2, 0.25) is 5.91 Å². The molecule has 2 heteroatoms. The minimum absolute atomic E-state index is 0.00975. The van der Waals surface area contributed by atoms with Crippen molar-refractivity contribution < 1.29 is 4.79 Å². The molecular weight excluding hydrogens is 462 g/mol. The van der Waals surface area contributed by atoms with Crippen molar-refractivity contribution in [1.82, 2.24) is 0 Å². The molecule has 4 bridgehead atoms. The molecule has 4 aromatic rings. The Labute approximate surface area is 226 Å². The molecule has 0 atom stereocenters. The van der Waals surface area contributed by atoms with E-state index in [4.69, 9.17) is 0 Å². The molecule has 0 spiro atoms. The van der Waals surface area contributed by atoms with Crippen molar-refractivity contribution in [2.45, 2.75) is 67.2 Å². The van der Waals surface area contributed by atoms with Gasteiger partial charge in [0.05, 0.1) is 5.54 Å². The Morgan fingerprint density at radius 1 is 0.500 bits per heavy atom. The fraction of sp³-hybridized carbons (Fsp3) is 0.306. The lowest BCUT2D eigenvalue weighted by atomic mass is 9.34. The Hall–Kier alpha value is -3.65. The van der Waals surface area contributed by atoms with Gasteiger partial charge < -0.3 is 4.90 Å². The van der Waals surface area contributed by atoms with Gasteiger partial charge in [-0.15, -0.1) is 0 Å². The number of rotatable bonds is 5. The van der Waals surface area contributed by atoms with E-state index < -0.39 is 0 Å². The van der Waals surface area contributed by atoms with Crippen molar-refractivity contribution >= 4 is 11.6 Å². The second-order valence-corrected chi connectivity index (χ2v) is 12.4. The van der Waals surface area contributed by atoms with E-state index in [9.17, 15) is 4.79 Å². The highest BCUT2D eigenvalue weighted by atomic mass is 16.2. The van der Waals surface area contributed by atoms with E-state index in [-0.39, 0.29) is 27.7 Å². The van der Waals surface area contributed by atoms with E-state index in [1.807, 2.05) is 6.07 Å². The number of para-hydroxylation sites is 1. The van der Waals surface area contributed by atoms with E-state index in [0.717, 1.165) is 44.2 Å². The molecule has 0 unspecified atom stereocenters. The van der Waals surface area contributed by atoms with Gasteiger partial charge in [0.15, 0.2) is 0 Å². The van der Waals surface area contributed by atoms with Crippen LogP contribution >= 0.6 is 0 Å². The number of anilines is 1. The molecular formula is C36H35NO. The smallest absolute Gasteiger partial charge is 0.224 e. The van der Waals surface area contributed by atoms with Crippen LogP contribution < -0.4 is 4.90 Å². The summed E-state index contributed by atoms with van der Waals surface area (Å²) in [6.45, 7) is 1.77. The van der Waals surface area contributed by atoms with Gasteiger partial charge in [-0.2, -0.15) is 0 Å². The summed E-state index contributed by atoms with van der Waals surface area (Å²) in [7, 11) is 0. The second-order valence-electron chi connectivity index (χ2n) is 12.4. The summed E-state index contributed by atoms with van der Waals surface area (Å²) in [6.07, 6.45) is 6.39. The van der Waals surface area contributed by atoms with Crippen molar-refractivity contribution in [3.8, 4) is 0 Å².